The molecule has 0 unspecified atom stereocenters. The fourth-order valence-electron chi connectivity index (χ4n) is 3.13. The summed E-state index contributed by atoms with van der Waals surface area (Å²) in [6.07, 6.45) is 6.13. The third-order valence-corrected chi connectivity index (χ3v) is 6.40. The number of nitrogens with one attached hydrogen (secondary N) is 2. The Bertz CT molecular complexity index is 770. The van der Waals surface area contributed by atoms with Gasteiger partial charge in [-0.2, -0.15) is 17.5 Å². The van der Waals surface area contributed by atoms with Crippen LogP contribution in [0.1, 0.15) is 38.4 Å². The van der Waals surface area contributed by atoms with Crippen LogP contribution in [0.25, 0.3) is 0 Å². The van der Waals surface area contributed by atoms with E-state index in [1.807, 2.05) is 20.0 Å². The maximum absolute atomic E-state index is 12.7. The van der Waals surface area contributed by atoms with Gasteiger partial charge in [0.25, 0.3) is 0 Å². The zero-order valence-corrected chi connectivity index (χ0v) is 17.6. The molecule has 0 radical (unpaired) electrons. The van der Waals surface area contributed by atoms with Crippen molar-refractivity contribution >= 4 is 16.0 Å². The molecule has 0 spiro atoms. The first kappa shape index (κ1) is 23.5. The number of nitrogens with zero attached hydrogens (tertiary/aromatic N) is 4. The van der Waals surface area contributed by atoms with Crippen molar-refractivity contribution in [3.63, 3.8) is 0 Å². The minimum absolute atomic E-state index is 0.124. The van der Waals surface area contributed by atoms with E-state index < -0.39 is 15.5 Å². The summed E-state index contributed by atoms with van der Waals surface area (Å²) in [4.78, 5) is 8.69. The first-order valence-corrected chi connectivity index (χ1v) is 11.2. The highest BCUT2D eigenvalue weighted by Gasteiger charge is 2.50. The number of rotatable bonds is 8. The number of imidazole rings is 1. The lowest BCUT2D eigenvalue weighted by atomic mass is 10.1. The molecule has 1 aromatic heterocycles. The van der Waals surface area contributed by atoms with Gasteiger partial charge in [0, 0.05) is 51.2 Å². The Kier molecular flexibility index (Phi) is 8.32. The van der Waals surface area contributed by atoms with E-state index in [4.69, 9.17) is 0 Å². The van der Waals surface area contributed by atoms with E-state index in [-0.39, 0.29) is 19.1 Å². The predicted octanol–water partition coefficient (Wildman–Crippen LogP) is 1.84. The topological polar surface area (TPSA) is 91.6 Å². The molecule has 166 valence electrons. The lowest BCUT2D eigenvalue weighted by Crippen LogP contribution is -2.51. The zero-order chi connectivity index (χ0) is 21.5. The third kappa shape index (κ3) is 6.59. The zero-order valence-electron chi connectivity index (χ0n) is 16.7. The molecule has 0 saturated carbocycles. The number of halogens is 3. The van der Waals surface area contributed by atoms with E-state index >= 15 is 0 Å². The summed E-state index contributed by atoms with van der Waals surface area (Å²) in [6.45, 7) is 5.70. The molecule has 0 aromatic carbocycles. The molecular weight excluding hydrogens is 409 g/mol. The Morgan fingerprint density at radius 1 is 1.31 bits per heavy atom. The Hall–Kier alpha value is -1.82. The fraction of sp³-hybridized carbons (Fsp3) is 0.765. The van der Waals surface area contributed by atoms with E-state index in [0.717, 1.165) is 25.2 Å². The molecule has 0 amide bonds. The van der Waals surface area contributed by atoms with Crippen LogP contribution in [0.2, 0.25) is 0 Å². The van der Waals surface area contributed by atoms with Crippen molar-refractivity contribution in [3.8, 4) is 0 Å². The number of aromatic nitrogens is 2. The first-order valence-electron chi connectivity index (χ1n) is 9.74. The second-order valence-electron chi connectivity index (χ2n) is 6.90. The van der Waals surface area contributed by atoms with Crippen molar-refractivity contribution in [1.29, 1.82) is 0 Å². The van der Waals surface area contributed by atoms with Crippen LogP contribution in [0.5, 0.6) is 0 Å². The van der Waals surface area contributed by atoms with Crippen LogP contribution in [-0.4, -0.2) is 66.0 Å². The number of sulfonamides is 1. The van der Waals surface area contributed by atoms with Gasteiger partial charge >= 0.3 is 15.5 Å². The molecule has 1 aliphatic rings. The van der Waals surface area contributed by atoms with Gasteiger partial charge < -0.3 is 15.2 Å². The Morgan fingerprint density at radius 3 is 2.55 bits per heavy atom. The molecule has 1 fully saturated rings. The normalized spacial score (nSPS) is 17.5. The number of aliphatic imine (C=N–C) groups is 1. The molecule has 1 aliphatic heterocycles. The van der Waals surface area contributed by atoms with Gasteiger partial charge in [0.1, 0.15) is 5.82 Å². The SMILES string of the molecule is CCNC(=NCCCCn1ccnc1C)NC1CCN(S(=O)(=O)C(F)(F)F)CC1. The van der Waals surface area contributed by atoms with Crippen molar-refractivity contribution in [1.82, 2.24) is 24.5 Å². The van der Waals surface area contributed by atoms with E-state index in [9.17, 15) is 21.6 Å². The van der Waals surface area contributed by atoms with Gasteiger partial charge in [0.15, 0.2) is 5.96 Å². The van der Waals surface area contributed by atoms with Gasteiger partial charge in [0.05, 0.1) is 0 Å². The van der Waals surface area contributed by atoms with E-state index in [2.05, 4.69) is 25.2 Å². The monoisotopic (exact) mass is 438 g/mol. The summed E-state index contributed by atoms with van der Waals surface area (Å²) in [5.41, 5.74) is -5.25. The molecule has 1 aromatic rings. The van der Waals surface area contributed by atoms with Gasteiger partial charge in [-0.3, -0.25) is 4.99 Å². The van der Waals surface area contributed by atoms with Crippen LogP contribution in [0.3, 0.4) is 0 Å². The highest BCUT2D eigenvalue weighted by molar-refractivity contribution is 7.90. The Labute approximate surface area is 169 Å². The molecule has 29 heavy (non-hydrogen) atoms. The lowest BCUT2D eigenvalue weighted by Gasteiger charge is -2.32. The molecule has 0 bridgehead atoms. The Morgan fingerprint density at radius 2 is 2.00 bits per heavy atom. The number of guanidine groups is 1. The van der Waals surface area contributed by atoms with Gasteiger partial charge in [-0.05, 0) is 39.5 Å². The molecule has 12 heteroatoms. The summed E-state index contributed by atoms with van der Waals surface area (Å²) in [5.74, 6) is 1.57. The van der Waals surface area contributed by atoms with Crippen molar-refractivity contribution in [3.05, 3.63) is 18.2 Å². The largest absolute Gasteiger partial charge is 0.511 e. The summed E-state index contributed by atoms with van der Waals surface area (Å²) >= 11 is 0. The van der Waals surface area contributed by atoms with Gasteiger partial charge in [-0.15, -0.1) is 0 Å². The average Bonchev–Trinajstić information content (AvgIpc) is 3.06. The number of aryl methyl sites for hydroxylation is 2. The smallest absolute Gasteiger partial charge is 0.357 e. The number of hydrogen-bond donors (Lipinski definition) is 2. The number of hydrogen-bond acceptors (Lipinski definition) is 4. The van der Waals surface area contributed by atoms with Gasteiger partial charge in [-0.25, -0.2) is 13.4 Å². The second-order valence-corrected chi connectivity index (χ2v) is 8.83. The molecule has 2 N–H and O–H groups in total. The average molecular weight is 439 g/mol. The Balaban J connectivity index is 1.78. The molecule has 0 aliphatic carbocycles. The molecular formula is C17H29F3N6O2S. The number of unbranched alkanes of at least 4 members (excludes halogenated alkanes) is 1. The van der Waals surface area contributed by atoms with Crippen LogP contribution in [0.4, 0.5) is 13.2 Å². The predicted molar refractivity (Wildman–Crippen MR) is 105 cm³/mol. The molecule has 1 saturated heterocycles. The van der Waals surface area contributed by atoms with Crippen molar-refractivity contribution < 1.29 is 21.6 Å². The molecule has 8 nitrogen and oxygen atoms in total. The first-order chi connectivity index (χ1) is 13.6. The quantitative estimate of drug-likeness (QED) is 0.367. The van der Waals surface area contributed by atoms with Crippen LogP contribution in [-0.2, 0) is 16.6 Å². The van der Waals surface area contributed by atoms with Crippen molar-refractivity contribution in [2.24, 2.45) is 4.99 Å². The number of piperidine rings is 1. The number of alkyl halides is 3. The minimum Gasteiger partial charge on any atom is -0.357 e. The molecule has 2 heterocycles. The summed E-state index contributed by atoms with van der Waals surface area (Å²) in [6, 6.07) is -0.124. The van der Waals surface area contributed by atoms with Gasteiger partial charge in [-0.1, -0.05) is 0 Å². The molecule has 2 rings (SSSR count). The molecule has 0 atom stereocenters. The maximum Gasteiger partial charge on any atom is 0.511 e. The standard InChI is InChI=1S/C17H29F3N6O2S/c1-3-21-16(23-8-4-5-10-25-13-9-22-14(25)2)24-15-6-11-26(12-7-15)29(27,28)17(18,19)20/h9,13,15H,3-8,10-12H2,1-2H3,(H2,21,23,24). The fourth-order valence-corrected chi connectivity index (χ4v) is 4.11. The summed E-state index contributed by atoms with van der Waals surface area (Å²) in [7, 11) is -5.25. The van der Waals surface area contributed by atoms with Crippen LogP contribution in [0, 0.1) is 6.92 Å². The second kappa shape index (κ2) is 10.3. The minimum atomic E-state index is -5.25. The highest BCUT2D eigenvalue weighted by atomic mass is 32.2. The van der Waals surface area contributed by atoms with Crippen molar-refractivity contribution in [2.75, 3.05) is 26.2 Å². The van der Waals surface area contributed by atoms with Crippen molar-refractivity contribution in [2.45, 2.75) is 57.6 Å². The summed E-state index contributed by atoms with van der Waals surface area (Å²) in [5, 5.41) is 6.32. The van der Waals surface area contributed by atoms with E-state index in [1.54, 1.807) is 6.20 Å². The maximum atomic E-state index is 12.7. The third-order valence-electron chi connectivity index (χ3n) is 4.77. The summed E-state index contributed by atoms with van der Waals surface area (Å²) < 4.78 is 63.5. The van der Waals surface area contributed by atoms with Crippen LogP contribution in [0.15, 0.2) is 17.4 Å². The highest BCUT2D eigenvalue weighted by Crippen LogP contribution is 2.28. The van der Waals surface area contributed by atoms with Crippen LogP contribution >= 0.6 is 0 Å². The van der Waals surface area contributed by atoms with E-state index in [1.165, 1.54) is 0 Å². The van der Waals surface area contributed by atoms with E-state index in [0.29, 0.717) is 36.2 Å². The van der Waals surface area contributed by atoms with Crippen LogP contribution < -0.4 is 10.6 Å². The lowest BCUT2D eigenvalue weighted by molar-refractivity contribution is -0.0494. The van der Waals surface area contributed by atoms with Gasteiger partial charge in [0.2, 0.25) is 0 Å².